The maximum Gasteiger partial charge on any atom is 0.321 e. The van der Waals surface area contributed by atoms with Crippen LogP contribution in [0.4, 0.5) is 0 Å². The zero-order chi connectivity index (χ0) is 26.6. The summed E-state index contributed by atoms with van der Waals surface area (Å²) in [5.41, 5.74) is -2.10. The van der Waals surface area contributed by atoms with Gasteiger partial charge in [-0.25, -0.2) is 0 Å². The number of likely N-dealkylation sites (N-methyl/N-ethyl adjacent to an activating group) is 1. The number of nitrogens with one attached hydrogen (secondary N) is 1. The fourth-order valence-corrected chi connectivity index (χ4v) is 8.02. The lowest BCUT2D eigenvalue weighted by molar-refractivity contribution is -0.182. The molecule has 3 unspecified atom stereocenters. The van der Waals surface area contributed by atoms with Crippen LogP contribution in [0, 0.1) is 34.5 Å². The molecule has 198 valence electrons. The lowest BCUT2D eigenvalue weighted by atomic mass is 9.45. The molecule has 0 heterocycles. The summed E-state index contributed by atoms with van der Waals surface area (Å²) in [7, 11) is 1.41. The molecule has 0 saturated heterocycles. The van der Waals surface area contributed by atoms with Crippen molar-refractivity contribution in [1.82, 2.24) is 5.32 Å². The molecular formula is C27H37NO8. The maximum absolute atomic E-state index is 13.3. The molecule has 4 N–H and O–H groups in total. The van der Waals surface area contributed by atoms with Crippen molar-refractivity contribution < 1.29 is 39.2 Å². The van der Waals surface area contributed by atoms with E-state index in [4.69, 9.17) is 9.84 Å². The second kappa shape index (κ2) is 9.19. The van der Waals surface area contributed by atoms with Gasteiger partial charge in [-0.3, -0.25) is 19.2 Å². The van der Waals surface area contributed by atoms with E-state index in [1.54, 1.807) is 12.2 Å². The summed E-state index contributed by atoms with van der Waals surface area (Å²) < 4.78 is 5.07. The van der Waals surface area contributed by atoms with Gasteiger partial charge in [-0.05, 0) is 62.6 Å². The molecule has 9 heteroatoms. The van der Waals surface area contributed by atoms with Gasteiger partial charge in [0.1, 0.15) is 11.6 Å². The van der Waals surface area contributed by atoms with Gasteiger partial charge >= 0.3 is 11.9 Å². The summed E-state index contributed by atoms with van der Waals surface area (Å²) in [6.07, 6.45) is 5.75. The van der Waals surface area contributed by atoms with Crippen LogP contribution in [-0.2, 0) is 23.9 Å². The third kappa shape index (κ3) is 3.96. The maximum atomic E-state index is 13.3. The molecule has 0 amide bonds. The van der Waals surface area contributed by atoms with Crippen molar-refractivity contribution in [3.8, 4) is 0 Å². The molecule has 0 bridgehead atoms. The van der Waals surface area contributed by atoms with Crippen LogP contribution in [0.2, 0.25) is 0 Å². The summed E-state index contributed by atoms with van der Waals surface area (Å²) in [6, 6.07) is -1.13. The van der Waals surface area contributed by atoms with E-state index >= 15 is 0 Å². The van der Waals surface area contributed by atoms with Gasteiger partial charge in [0.25, 0.3) is 0 Å². The summed E-state index contributed by atoms with van der Waals surface area (Å²) in [5, 5.41) is 34.8. The molecule has 0 aromatic rings. The Morgan fingerprint density at radius 1 is 1.28 bits per heavy atom. The first-order valence-corrected chi connectivity index (χ1v) is 12.7. The van der Waals surface area contributed by atoms with Crippen molar-refractivity contribution in [3.05, 3.63) is 23.8 Å². The van der Waals surface area contributed by atoms with Crippen LogP contribution < -0.4 is 5.32 Å². The van der Waals surface area contributed by atoms with Crippen LogP contribution in [0.25, 0.3) is 0 Å². The van der Waals surface area contributed by atoms with E-state index in [-0.39, 0.29) is 42.3 Å². The van der Waals surface area contributed by atoms with E-state index in [9.17, 15) is 29.4 Å². The van der Waals surface area contributed by atoms with Crippen molar-refractivity contribution in [3.63, 3.8) is 0 Å². The molecule has 0 radical (unpaired) electrons. The van der Waals surface area contributed by atoms with E-state index in [1.807, 2.05) is 13.0 Å². The van der Waals surface area contributed by atoms with Crippen LogP contribution in [0.1, 0.15) is 52.9 Å². The van der Waals surface area contributed by atoms with Crippen molar-refractivity contribution in [2.24, 2.45) is 34.5 Å². The average molecular weight is 504 g/mol. The Morgan fingerprint density at radius 2 is 1.97 bits per heavy atom. The van der Waals surface area contributed by atoms with Crippen LogP contribution in [0.3, 0.4) is 0 Å². The minimum absolute atomic E-state index is 0.0249. The number of aliphatic carboxylic acids is 1. The number of Topliss-reactive ketones (excluding diaryl/α,β-unsaturated/α-hetero) is 1. The van der Waals surface area contributed by atoms with E-state index in [0.29, 0.717) is 6.42 Å². The lowest BCUT2D eigenvalue weighted by Gasteiger charge is -2.60. The van der Waals surface area contributed by atoms with E-state index in [0.717, 1.165) is 12.0 Å². The van der Waals surface area contributed by atoms with Gasteiger partial charge in [0, 0.05) is 16.7 Å². The lowest BCUT2D eigenvalue weighted by Crippen LogP contribution is -2.62. The zero-order valence-electron chi connectivity index (χ0n) is 21.3. The van der Waals surface area contributed by atoms with Crippen molar-refractivity contribution in [1.29, 1.82) is 0 Å². The molecule has 4 aliphatic rings. The third-order valence-electron chi connectivity index (χ3n) is 9.81. The SMILES string of the molecule is CN[C@H](CC(=O)OCC(=O)[C@@]1(O)CCC2C3C[C@H](C)C4=CC(=O)C=C[C@]4(C)C3[C@@H](O)C[C@@]21C)C(=O)O. The fraction of sp³-hybridized carbons (Fsp3) is 0.704. The Bertz CT molecular complexity index is 1030. The highest BCUT2D eigenvalue weighted by Gasteiger charge is 2.68. The number of hydrogen-bond acceptors (Lipinski definition) is 8. The summed E-state index contributed by atoms with van der Waals surface area (Å²) in [5.74, 6) is -2.70. The number of allylic oxidation sites excluding steroid dienone is 4. The minimum atomic E-state index is -1.77. The first-order valence-electron chi connectivity index (χ1n) is 12.7. The van der Waals surface area contributed by atoms with Crippen molar-refractivity contribution in [2.45, 2.75) is 70.6 Å². The second-order valence-corrected chi connectivity index (χ2v) is 11.6. The summed E-state index contributed by atoms with van der Waals surface area (Å²) >= 11 is 0. The largest absolute Gasteiger partial charge is 0.480 e. The summed E-state index contributed by atoms with van der Waals surface area (Å²) in [4.78, 5) is 48.6. The number of carboxylic acid groups (broad SMARTS) is 1. The number of ether oxygens (including phenoxy) is 1. The molecular weight excluding hydrogens is 466 g/mol. The summed E-state index contributed by atoms with van der Waals surface area (Å²) in [6.45, 7) is 5.36. The topological polar surface area (TPSA) is 150 Å². The number of hydrogen-bond donors (Lipinski definition) is 4. The number of aliphatic hydroxyl groups excluding tert-OH is 1. The van der Waals surface area contributed by atoms with Gasteiger partial charge in [-0.1, -0.05) is 32.4 Å². The van der Waals surface area contributed by atoms with Crippen LogP contribution in [0.5, 0.6) is 0 Å². The molecule has 3 saturated carbocycles. The Kier molecular flexibility index (Phi) is 6.81. The van der Waals surface area contributed by atoms with Gasteiger partial charge in [-0.2, -0.15) is 0 Å². The molecule has 4 rings (SSSR count). The molecule has 9 atom stereocenters. The predicted molar refractivity (Wildman–Crippen MR) is 129 cm³/mol. The molecule has 0 spiro atoms. The van der Waals surface area contributed by atoms with Crippen LogP contribution in [-0.4, -0.2) is 70.2 Å². The highest BCUT2D eigenvalue weighted by Crippen LogP contribution is 2.67. The van der Waals surface area contributed by atoms with E-state index < -0.39 is 59.3 Å². The Labute approximate surface area is 211 Å². The molecule has 36 heavy (non-hydrogen) atoms. The molecule has 0 aliphatic heterocycles. The number of ketones is 2. The quantitative estimate of drug-likeness (QED) is 0.378. The Morgan fingerprint density at radius 3 is 2.61 bits per heavy atom. The third-order valence-corrected chi connectivity index (χ3v) is 9.81. The van der Waals surface area contributed by atoms with Crippen LogP contribution >= 0.6 is 0 Å². The smallest absolute Gasteiger partial charge is 0.321 e. The second-order valence-electron chi connectivity index (χ2n) is 11.6. The van der Waals surface area contributed by atoms with Crippen molar-refractivity contribution in [2.75, 3.05) is 13.7 Å². The number of rotatable bonds is 7. The first kappa shape index (κ1) is 26.7. The first-order chi connectivity index (χ1) is 16.8. The van der Waals surface area contributed by atoms with Gasteiger partial charge in [0.15, 0.2) is 12.4 Å². The molecule has 0 aromatic carbocycles. The Hall–Kier alpha value is -2.36. The number of carbonyl (C=O) groups is 4. The van der Waals surface area contributed by atoms with E-state index in [2.05, 4.69) is 19.2 Å². The monoisotopic (exact) mass is 503 g/mol. The van der Waals surface area contributed by atoms with Crippen molar-refractivity contribution >= 4 is 23.5 Å². The number of esters is 1. The Balaban J connectivity index is 1.54. The van der Waals surface area contributed by atoms with Crippen LogP contribution in [0.15, 0.2) is 23.8 Å². The van der Waals surface area contributed by atoms with Gasteiger partial charge < -0.3 is 25.4 Å². The number of fused-ring (bicyclic) bond motifs is 5. The predicted octanol–water partition coefficient (Wildman–Crippen LogP) is 1.42. The molecule has 0 aromatic heterocycles. The molecule has 4 aliphatic carbocycles. The van der Waals surface area contributed by atoms with E-state index in [1.165, 1.54) is 7.05 Å². The standard InChI is InChI=1S/C27H37NO8/c1-14-9-16-17-6-8-27(35,21(31)13-36-22(32)11-19(28-4)24(33)34)26(17,3)12-20(30)23(16)25(2)7-5-15(29)10-18(14)25/h5,7,10,14,16-17,19-20,23,28,30,35H,6,8-9,11-13H2,1-4H3,(H,33,34)/t14-,16?,17?,19+,20-,23?,25-,26-,27-/m0/s1. The molecule has 3 fully saturated rings. The fourth-order valence-electron chi connectivity index (χ4n) is 8.02. The van der Waals surface area contributed by atoms with Gasteiger partial charge in [0.05, 0.1) is 12.5 Å². The van der Waals surface area contributed by atoms with Gasteiger partial charge in [0.2, 0.25) is 5.78 Å². The number of carboxylic acids is 1. The molecule has 9 nitrogen and oxygen atoms in total. The van der Waals surface area contributed by atoms with Gasteiger partial charge in [-0.15, -0.1) is 0 Å². The number of carbonyl (C=O) groups excluding carboxylic acids is 3. The normalized spacial score (nSPS) is 42.0. The highest BCUT2D eigenvalue weighted by atomic mass is 16.5. The highest BCUT2D eigenvalue weighted by molar-refractivity contribution is 6.01. The average Bonchev–Trinajstić information content (AvgIpc) is 3.07. The minimum Gasteiger partial charge on any atom is -0.480 e. The zero-order valence-corrected chi connectivity index (χ0v) is 21.3. The number of aliphatic hydroxyl groups is 2.